The molecule has 0 aliphatic carbocycles. The van der Waals surface area contributed by atoms with E-state index in [2.05, 4.69) is 62.3 Å². The molecule has 0 fully saturated rings. The van der Waals surface area contributed by atoms with Gasteiger partial charge >= 0.3 is 0 Å². The summed E-state index contributed by atoms with van der Waals surface area (Å²) in [6.07, 6.45) is 1.28. The lowest BCUT2D eigenvalue weighted by Crippen LogP contribution is -2.34. The predicted octanol–water partition coefficient (Wildman–Crippen LogP) is 5.29. The van der Waals surface area contributed by atoms with Crippen molar-refractivity contribution in [1.29, 1.82) is 0 Å². The van der Waals surface area contributed by atoms with Gasteiger partial charge in [0.15, 0.2) is 5.13 Å². The number of aromatic nitrogens is 1. The summed E-state index contributed by atoms with van der Waals surface area (Å²) in [5.74, 6) is 0.0980. The van der Waals surface area contributed by atoms with Crippen LogP contribution in [0.4, 0.5) is 5.13 Å². The van der Waals surface area contributed by atoms with E-state index in [4.69, 9.17) is 4.98 Å². The Hall–Kier alpha value is -2.76. The molecule has 0 bridgehead atoms. The minimum absolute atomic E-state index is 0.0980. The third-order valence-electron chi connectivity index (χ3n) is 5.27. The normalized spacial score (nSPS) is 11.5. The van der Waals surface area contributed by atoms with Crippen LogP contribution in [0, 0.1) is 6.92 Å². The molecule has 0 unspecified atom stereocenters. The van der Waals surface area contributed by atoms with Gasteiger partial charge < -0.3 is 4.90 Å². The van der Waals surface area contributed by atoms with Crippen LogP contribution in [0.25, 0.3) is 21.0 Å². The molecule has 0 aliphatic heterocycles. The van der Waals surface area contributed by atoms with Crippen LogP contribution in [0.2, 0.25) is 0 Å². The Balaban J connectivity index is 1.64. The second-order valence-corrected chi connectivity index (χ2v) is 8.99. The quantitative estimate of drug-likeness (QED) is 0.410. The molecule has 0 spiro atoms. The number of benzene rings is 3. The van der Waals surface area contributed by atoms with Crippen molar-refractivity contribution in [3.63, 3.8) is 0 Å². The van der Waals surface area contributed by atoms with Gasteiger partial charge in [0.05, 0.1) is 16.6 Å². The molecule has 4 aromatic rings. The van der Waals surface area contributed by atoms with Gasteiger partial charge in [-0.25, -0.2) is 4.98 Å². The summed E-state index contributed by atoms with van der Waals surface area (Å²) in [5.41, 5.74) is 3.22. The number of rotatable bonds is 7. The summed E-state index contributed by atoms with van der Waals surface area (Å²) in [6.45, 7) is 3.68. The first-order chi connectivity index (χ1) is 14.5. The number of nitrogens with zero attached hydrogens (tertiary/aromatic N) is 3. The zero-order valence-electron chi connectivity index (χ0n) is 17.8. The van der Waals surface area contributed by atoms with Crippen LogP contribution in [-0.4, -0.2) is 43.0 Å². The van der Waals surface area contributed by atoms with Crippen molar-refractivity contribution in [2.75, 3.05) is 32.1 Å². The van der Waals surface area contributed by atoms with E-state index in [9.17, 15) is 4.79 Å². The topological polar surface area (TPSA) is 36.4 Å². The monoisotopic (exact) mass is 417 g/mol. The van der Waals surface area contributed by atoms with E-state index < -0.39 is 0 Å². The molecule has 30 heavy (non-hydrogen) atoms. The van der Waals surface area contributed by atoms with Crippen molar-refractivity contribution >= 4 is 43.4 Å². The fourth-order valence-electron chi connectivity index (χ4n) is 3.71. The maximum Gasteiger partial charge on any atom is 0.233 e. The Morgan fingerprint density at radius 1 is 1.00 bits per heavy atom. The van der Waals surface area contributed by atoms with Crippen molar-refractivity contribution in [3.8, 4) is 0 Å². The number of aryl methyl sites for hydroxylation is 1. The third-order valence-corrected chi connectivity index (χ3v) is 6.31. The van der Waals surface area contributed by atoms with Gasteiger partial charge in [0.25, 0.3) is 0 Å². The van der Waals surface area contributed by atoms with Crippen molar-refractivity contribution in [1.82, 2.24) is 9.88 Å². The van der Waals surface area contributed by atoms with Gasteiger partial charge in [0, 0.05) is 6.54 Å². The zero-order chi connectivity index (χ0) is 21.1. The van der Waals surface area contributed by atoms with E-state index in [1.54, 1.807) is 11.3 Å². The number of fused-ring (bicyclic) bond motifs is 2. The van der Waals surface area contributed by atoms with E-state index in [1.807, 2.05) is 29.2 Å². The lowest BCUT2D eigenvalue weighted by Gasteiger charge is -2.21. The van der Waals surface area contributed by atoms with E-state index in [0.29, 0.717) is 13.0 Å². The van der Waals surface area contributed by atoms with Crippen LogP contribution in [-0.2, 0) is 11.2 Å². The number of anilines is 1. The van der Waals surface area contributed by atoms with Gasteiger partial charge in [-0.1, -0.05) is 59.9 Å². The van der Waals surface area contributed by atoms with Crippen LogP contribution in [0.3, 0.4) is 0 Å². The highest BCUT2D eigenvalue weighted by Gasteiger charge is 2.20. The lowest BCUT2D eigenvalue weighted by atomic mass is 10.0. The summed E-state index contributed by atoms with van der Waals surface area (Å²) >= 11 is 1.60. The highest BCUT2D eigenvalue weighted by molar-refractivity contribution is 7.22. The van der Waals surface area contributed by atoms with E-state index in [1.165, 1.54) is 5.56 Å². The summed E-state index contributed by atoms with van der Waals surface area (Å²) in [4.78, 5) is 22.3. The molecule has 3 aromatic carbocycles. The van der Waals surface area contributed by atoms with Gasteiger partial charge in [0.2, 0.25) is 5.91 Å². The zero-order valence-corrected chi connectivity index (χ0v) is 18.6. The van der Waals surface area contributed by atoms with Crippen LogP contribution < -0.4 is 4.90 Å². The third kappa shape index (κ3) is 4.53. The number of carbonyl (C=O) groups is 1. The molecule has 0 atom stereocenters. The number of carbonyl (C=O) groups excluding carboxylic acids is 1. The maximum absolute atomic E-state index is 13.5. The van der Waals surface area contributed by atoms with Gasteiger partial charge in [-0.05, 0) is 68.0 Å². The molecule has 5 heteroatoms. The van der Waals surface area contributed by atoms with Crippen molar-refractivity contribution < 1.29 is 4.79 Å². The Kier molecular flexibility index (Phi) is 6.11. The average molecular weight is 418 g/mol. The Morgan fingerprint density at radius 2 is 1.80 bits per heavy atom. The fourth-order valence-corrected chi connectivity index (χ4v) is 4.82. The van der Waals surface area contributed by atoms with Crippen LogP contribution in [0.15, 0.2) is 60.7 Å². The second kappa shape index (κ2) is 8.94. The summed E-state index contributed by atoms with van der Waals surface area (Å²) < 4.78 is 1.13. The second-order valence-electron chi connectivity index (χ2n) is 7.98. The van der Waals surface area contributed by atoms with E-state index in [0.717, 1.165) is 44.6 Å². The molecule has 0 radical (unpaired) electrons. The first-order valence-electron chi connectivity index (χ1n) is 10.3. The predicted molar refractivity (Wildman–Crippen MR) is 128 cm³/mol. The summed E-state index contributed by atoms with van der Waals surface area (Å²) in [5, 5.41) is 3.10. The summed E-state index contributed by atoms with van der Waals surface area (Å²) in [7, 11) is 4.12. The van der Waals surface area contributed by atoms with Gasteiger partial charge in [-0.3, -0.25) is 9.69 Å². The van der Waals surface area contributed by atoms with Crippen molar-refractivity contribution in [2.24, 2.45) is 0 Å². The van der Waals surface area contributed by atoms with Crippen molar-refractivity contribution in [2.45, 2.75) is 19.8 Å². The molecule has 0 saturated heterocycles. The van der Waals surface area contributed by atoms with E-state index >= 15 is 0 Å². The number of hydrogen-bond donors (Lipinski definition) is 0. The molecule has 0 aliphatic rings. The number of thiazole rings is 1. The Morgan fingerprint density at radius 3 is 2.63 bits per heavy atom. The first-order valence-corrected chi connectivity index (χ1v) is 11.1. The molecule has 0 saturated carbocycles. The van der Waals surface area contributed by atoms with Crippen LogP contribution in [0.5, 0.6) is 0 Å². The molecule has 0 N–H and O–H groups in total. The molecule has 4 rings (SSSR count). The van der Waals surface area contributed by atoms with Gasteiger partial charge in [-0.15, -0.1) is 0 Å². The molecule has 4 nitrogen and oxygen atoms in total. The van der Waals surface area contributed by atoms with E-state index in [-0.39, 0.29) is 5.91 Å². The Labute approximate surface area is 181 Å². The molecule has 1 amide bonds. The average Bonchev–Trinajstić information content (AvgIpc) is 3.14. The number of amides is 1. The molecular weight excluding hydrogens is 390 g/mol. The van der Waals surface area contributed by atoms with Gasteiger partial charge in [0.1, 0.15) is 0 Å². The summed E-state index contributed by atoms with van der Waals surface area (Å²) in [6, 6.07) is 20.7. The SMILES string of the molecule is Cc1ccc2nc(N(CCCN(C)C)C(=O)Cc3cccc4ccccc34)sc2c1. The molecule has 154 valence electrons. The van der Waals surface area contributed by atoms with Crippen LogP contribution in [0.1, 0.15) is 17.5 Å². The van der Waals surface area contributed by atoms with Gasteiger partial charge in [-0.2, -0.15) is 0 Å². The minimum Gasteiger partial charge on any atom is -0.309 e. The maximum atomic E-state index is 13.5. The largest absolute Gasteiger partial charge is 0.309 e. The minimum atomic E-state index is 0.0980. The van der Waals surface area contributed by atoms with Crippen LogP contribution >= 0.6 is 11.3 Å². The molecule has 1 heterocycles. The standard InChI is InChI=1S/C25H27N3OS/c1-18-12-13-22-23(16-18)30-25(26-22)28(15-7-14-27(2)3)24(29)17-20-10-6-9-19-8-4-5-11-21(19)20/h4-6,8-13,16H,7,14-15,17H2,1-3H3. The highest BCUT2D eigenvalue weighted by atomic mass is 32.1. The van der Waals surface area contributed by atoms with Crippen molar-refractivity contribution in [3.05, 3.63) is 71.8 Å². The number of hydrogen-bond acceptors (Lipinski definition) is 4. The molecular formula is C25H27N3OS. The highest BCUT2D eigenvalue weighted by Crippen LogP contribution is 2.30. The molecule has 1 aromatic heterocycles. The lowest BCUT2D eigenvalue weighted by molar-refractivity contribution is -0.118. The first kappa shape index (κ1) is 20.5. The fraction of sp³-hybridized carbons (Fsp3) is 0.280. The Bertz CT molecular complexity index is 1180. The smallest absolute Gasteiger partial charge is 0.233 e.